The van der Waals surface area contributed by atoms with E-state index in [0.29, 0.717) is 53.5 Å². The number of amides is 12. The molecular formula is C56H82N14O14S2. The highest BCUT2D eigenvalue weighted by Crippen LogP contribution is 2.22. The maximum absolute atomic E-state index is 14.5. The number of carbonyl (C=O) groups is 12. The molecule has 3 rings (SSSR count). The van der Waals surface area contributed by atoms with Crippen LogP contribution in [0.4, 0.5) is 0 Å². The first-order valence-corrected chi connectivity index (χ1v) is 30.1. The van der Waals surface area contributed by atoms with Crippen molar-refractivity contribution in [3.05, 3.63) is 83.4 Å². The molecular weight excluding hydrogens is 1160 g/mol. The fourth-order valence-electron chi connectivity index (χ4n) is 8.01. The van der Waals surface area contributed by atoms with Crippen LogP contribution in [-0.2, 0) is 81.9 Å². The Hall–Kier alpha value is -8.25. The number of phenolic OH excluding ortho intramolecular Hbond substituents is 1. The number of hydrogen-bond donors (Lipinski definition) is 15. The Morgan fingerprint density at radius 1 is 0.593 bits per heavy atom. The van der Waals surface area contributed by atoms with Gasteiger partial charge >= 0.3 is 0 Å². The van der Waals surface area contributed by atoms with Gasteiger partial charge < -0.3 is 79.8 Å². The SMILES string of the molecule is CCCC(=O)N[C@@H](CSCc1cccc(CSCCC(=O)NC(C(=O)N[C@@H](Cc2ccc(O)cc2)C(=O)N[C@@H](Cc2cnc[nH]2)C(=O)N[C@H](C(=O)NCC(=O)N[C@@H](CCC)C(=O)NCC(=O)NCC(=O)NCC(N)=O)[C@@H](C)O)C(C)(C)C)c1)C(N)=O. The fraction of sp³-hybridized carbons (Fsp3) is 0.518. The lowest BCUT2D eigenvalue weighted by molar-refractivity contribution is -0.136. The van der Waals surface area contributed by atoms with E-state index in [1.54, 1.807) is 27.7 Å². The normalized spacial score (nSPS) is 13.5. The molecule has 0 fully saturated rings. The molecule has 86 heavy (non-hydrogen) atoms. The molecule has 0 saturated heterocycles. The number of nitrogens with one attached hydrogen (secondary N) is 11. The fourth-order valence-corrected chi connectivity index (χ4v) is 9.91. The van der Waals surface area contributed by atoms with Crippen LogP contribution in [0.1, 0.15) is 96.0 Å². The summed E-state index contributed by atoms with van der Waals surface area (Å²) in [6, 6.07) is 5.89. The lowest BCUT2D eigenvalue weighted by Gasteiger charge is -2.32. The summed E-state index contributed by atoms with van der Waals surface area (Å²) in [5, 5.41) is 45.6. The van der Waals surface area contributed by atoms with Gasteiger partial charge in [-0.3, -0.25) is 57.5 Å². The number of benzene rings is 2. The van der Waals surface area contributed by atoms with E-state index in [1.165, 1.54) is 67.2 Å². The van der Waals surface area contributed by atoms with Crippen LogP contribution >= 0.6 is 23.5 Å². The molecule has 472 valence electrons. The lowest BCUT2D eigenvalue weighted by atomic mass is 9.85. The van der Waals surface area contributed by atoms with E-state index in [0.717, 1.165) is 11.1 Å². The van der Waals surface area contributed by atoms with Gasteiger partial charge in [0.1, 0.15) is 42.0 Å². The van der Waals surface area contributed by atoms with Gasteiger partial charge in [0.2, 0.25) is 70.9 Å². The number of phenols is 1. The molecule has 0 aliphatic rings. The van der Waals surface area contributed by atoms with Crippen LogP contribution in [-0.4, -0.2) is 171 Å². The van der Waals surface area contributed by atoms with Gasteiger partial charge in [0.25, 0.3) is 0 Å². The zero-order valence-electron chi connectivity index (χ0n) is 49.1. The summed E-state index contributed by atoms with van der Waals surface area (Å²) in [4.78, 5) is 162. The quantitative estimate of drug-likeness (QED) is 0.0272. The Balaban J connectivity index is 1.69. The molecule has 30 heteroatoms. The Bertz CT molecular complexity index is 2780. The molecule has 2 aromatic carbocycles. The standard InChI is InChI=1S/C56H82N14O14S2/c1-7-10-38(51(80)62-26-46(77)61-25-45(76)60-24-42(57)73)65-47(78)27-63-54(83)48(32(3)71)70-53(82)40(22-36-23-59-31-64-36)67-52(81)39(21-33-14-16-37(72)17-15-33)68-55(84)49(56(4,5)6)69-44(75)18-19-85-28-34-12-9-13-35(20-34)29-86-30-41(50(58)79)66-43(74)11-8-2/h9,12-17,20,23,31-32,38-41,48-49,71-72H,7-8,10-11,18-19,21-22,24-30H2,1-6H3,(H2,57,73)(H2,58,79)(H,59,64)(H,60,76)(H,61,77)(H,62,80)(H,63,83)(H,65,78)(H,66,74)(H,67,81)(H,68,84)(H,69,75)(H,70,82)/t32-,38+,39+,40+,41+,48+,49?/m1/s1. The average Bonchev–Trinajstić information content (AvgIpc) is 2.79. The molecule has 0 bridgehead atoms. The molecule has 1 heterocycles. The van der Waals surface area contributed by atoms with Crippen molar-refractivity contribution in [1.82, 2.24) is 63.1 Å². The van der Waals surface area contributed by atoms with Crippen molar-refractivity contribution in [1.29, 1.82) is 0 Å². The van der Waals surface area contributed by atoms with Crippen molar-refractivity contribution >= 4 is 94.4 Å². The number of aliphatic hydroxyl groups excluding tert-OH is 1. The molecule has 0 radical (unpaired) electrons. The smallest absolute Gasteiger partial charge is 0.245 e. The Labute approximate surface area is 507 Å². The van der Waals surface area contributed by atoms with Crippen molar-refractivity contribution in [2.75, 3.05) is 37.7 Å². The molecule has 3 aromatic rings. The van der Waals surface area contributed by atoms with Crippen molar-refractivity contribution in [2.24, 2.45) is 16.9 Å². The van der Waals surface area contributed by atoms with Crippen LogP contribution in [0.5, 0.6) is 5.75 Å². The summed E-state index contributed by atoms with van der Waals surface area (Å²) in [5.74, 6) is -7.00. The Morgan fingerprint density at radius 2 is 1.16 bits per heavy atom. The average molecular weight is 1240 g/mol. The van der Waals surface area contributed by atoms with Crippen molar-refractivity contribution in [3.63, 3.8) is 0 Å². The van der Waals surface area contributed by atoms with Crippen molar-refractivity contribution < 1.29 is 67.7 Å². The number of nitrogens with zero attached hydrogens (tertiary/aromatic N) is 1. The Morgan fingerprint density at radius 3 is 1.76 bits per heavy atom. The third kappa shape index (κ3) is 27.6. The van der Waals surface area contributed by atoms with E-state index in [4.69, 9.17) is 11.5 Å². The van der Waals surface area contributed by atoms with Crippen LogP contribution < -0.4 is 64.6 Å². The number of carbonyl (C=O) groups excluding carboxylic acids is 12. The number of imidazole rings is 1. The predicted octanol–water partition coefficient (Wildman–Crippen LogP) is -2.17. The zero-order valence-corrected chi connectivity index (χ0v) is 50.8. The van der Waals surface area contributed by atoms with Crippen molar-refractivity contribution in [2.45, 2.75) is 140 Å². The molecule has 0 saturated carbocycles. The first-order chi connectivity index (χ1) is 40.7. The highest BCUT2D eigenvalue weighted by molar-refractivity contribution is 7.98. The minimum Gasteiger partial charge on any atom is -0.508 e. The van der Waals surface area contributed by atoms with Gasteiger partial charge in [0.05, 0.1) is 38.6 Å². The summed E-state index contributed by atoms with van der Waals surface area (Å²) in [6.07, 6.45) is 2.21. The van der Waals surface area contributed by atoms with Crippen LogP contribution in [0.2, 0.25) is 0 Å². The van der Waals surface area contributed by atoms with Crippen molar-refractivity contribution in [3.8, 4) is 5.75 Å². The van der Waals surface area contributed by atoms with E-state index >= 15 is 0 Å². The van der Waals surface area contributed by atoms with E-state index in [1.807, 2.05) is 31.2 Å². The summed E-state index contributed by atoms with van der Waals surface area (Å²) in [6.45, 7) is 7.72. The van der Waals surface area contributed by atoms with Gasteiger partial charge in [0.15, 0.2) is 0 Å². The van der Waals surface area contributed by atoms with Gasteiger partial charge in [0, 0.05) is 60.6 Å². The summed E-state index contributed by atoms with van der Waals surface area (Å²) < 4.78 is 0. The number of aromatic nitrogens is 2. The first-order valence-electron chi connectivity index (χ1n) is 27.8. The molecule has 17 N–H and O–H groups in total. The monoisotopic (exact) mass is 1240 g/mol. The maximum Gasteiger partial charge on any atom is 0.245 e. The topological polar surface area (TPSA) is 446 Å². The summed E-state index contributed by atoms with van der Waals surface area (Å²) in [7, 11) is 0. The molecule has 7 atom stereocenters. The highest BCUT2D eigenvalue weighted by Gasteiger charge is 2.37. The molecule has 12 amide bonds. The molecule has 28 nitrogen and oxygen atoms in total. The summed E-state index contributed by atoms with van der Waals surface area (Å²) in [5.41, 5.74) is 12.4. The lowest BCUT2D eigenvalue weighted by Crippen LogP contribution is -2.61. The molecule has 1 aromatic heterocycles. The van der Waals surface area contributed by atoms with Gasteiger partial charge in [-0.25, -0.2) is 4.98 Å². The number of aliphatic hydroxyl groups is 1. The number of rotatable bonds is 38. The van der Waals surface area contributed by atoms with E-state index in [2.05, 4.69) is 63.1 Å². The number of H-pyrrole nitrogens is 1. The zero-order chi connectivity index (χ0) is 63.9. The third-order valence-corrected chi connectivity index (χ3v) is 14.7. The van der Waals surface area contributed by atoms with Crippen LogP contribution in [0.15, 0.2) is 61.1 Å². The third-order valence-electron chi connectivity index (χ3n) is 12.5. The van der Waals surface area contributed by atoms with Crippen LogP contribution in [0.3, 0.4) is 0 Å². The number of thioether (sulfide) groups is 2. The predicted molar refractivity (Wildman–Crippen MR) is 320 cm³/mol. The largest absolute Gasteiger partial charge is 0.508 e. The number of aromatic hydroxyl groups is 1. The number of primary amides is 2. The summed E-state index contributed by atoms with van der Waals surface area (Å²) >= 11 is 2.96. The molecule has 0 spiro atoms. The highest BCUT2D eigenvalue weighted by atomic mass is 32.2. The number of aromatic amines is 1. The number of hydrogen-bond acceptors (Lipinski definition) is 17. The maximum atomic E-state index is 14.5. The van der Waals surface area contributed by atoms with Gasteiger partial charge in [-0.1, -0.05) is 77.4 Å². The van der Waals surface area contributed by atoms with Gasteiger partial charge in [-0.2, -0.15) is 23.5 Å². The number of nitrogens with two attached hydrogens (primary N) is 2. The minimum atomic E-state index is -1.71. The first kappa shape index (κ1) is 72.0. The van der Waals surface area contributed by atoms with E-state index in [-0.39, 0.29) is 37.3 Å². The molecule has 0 aliphatic heterocycles. The van der Waals surface area contributed by atoms with E-state index in [9.17, 15) is 67.7 Å². The molecule has 0 aliphatic carbocycles. The van der Waals surface area contributed by atoms with Gasteiger partial charge in [-0.15, -0.1) is 0 Å². The van der Waals surface area contributed by atoms with Crippen LogP contribution in [0.25, 0.3) is 0 Å². The second kappa shape index (κ2) is 37.2. The van der Waals surface area contributed by atoms with E-state index < -0.39 is 139 Å². The Kier molecular flexibility index (Phi) is 31.2. The second-order valence-corrected chi connectivity index (χ2v) is 23.3. The van der Waals surface area contributed by atoms with Crippen LogP contribution in [0, 0.1) is 5.41 Å². The van der Waals surface area contributed by atoms with Gasteiger partial charge in [-0.05, 0) is 54.0 Å². The second-order valence-electron chi connectivity index (χ2n) is 21.1. The minimum absolute atomic E-state index is 0.0366. The molecule has 1 unspecified atom stereocenters.